The summed E-state index contributed by atoms with van der Waals surface area (Å²) in [5.74, 6) is 1.70. The first kappa shape index (κ1) is 17.5. The van der Waals surface area contributed by atoms with Gasteiger partial charge in [0.05, 0.1) is 18.9 Å². The molecule has 27 heavy (non-hydrogen) atoms. The SMILES string of the molecule is CN(Cc1ccccc1)c1cc(-c2ccccc2)nc(N2CCOCC2)n1. The minimum absolute atomic E-state index is 0.716. The van der Waals surface area contributed by atoms with Gasteiger partial charge in [0.1, 0.15) is 5.82 Å². The van der Waals surface area contributed by atoms with Crippen LogP contribution in [0.1, 0.15) is 5.56 Å². The number of hydrogen-bond donors (Lipinski definition) is 0. The van der Waals surface area contributed by atoms with Gasteiger partial charge < -0.3 is 14.5 Å². The van der Waals surface area contributed by atoms with E-state index in [1.54, 1.807) is 0 Å². The van der Waals surface area contributed by atoms with Gasteiger partial charge in [-0.25, -0.2) is 4.98 Å². The Morgan fingerprint density at radius 1 is 0.926 bits per heavy atom. The van der Waals surface area contributed by atoms with Gasteiger partial charge >= 0.3 is 0 Å². The summed E-state index contributed by atoms with van der Waals surface area (Å²) in [4.78, 5) is 14.1. The van der Waals surface area contributed by atoms with Gasteiger partial charge in [-0.15, -0.1) is 0 Å². The quantitative estimate of drug-likeness (QED) is 0.695. The average molecular weight is 360 g/mol. The van der Waals surface area contributed by atoms with E-state index in [1.165, 1.54) is 5.56 Å². The molecule has 0 bridgehead atoms. The van der Waals surface area contributed by atoms with Crippen molar-refractivity contribution < 1.29 is 4.74 Å². The van der Waals surface area contributed by atoms with Crippen molar-refractivity contribution in [2.24, 2.45) is 0 Å². The molecule has 0 amide bonds. The molecule has 0 radical (unpaired) electrons. The standard InChI is InChI=1S/C22H24N4O/c1-25(17-18-8-4-2-5-9-18)21-16-20(19-10-6-3-7-11-19)23-22(24-21)26-12-14-27-15-13-26/h2-11,16H,12-15,17H2,1H3. The van der Waals surface area contributed by atoms with Crippen molar-refractivity contribution in [3.05, 3.63) is 72.3 Å². The number of anilines is 2. The zero-order valence-corrected chi connectivity index (χ0v) is 15.6. The van der Waals surface area contributed by atoms with Crippen LogP contribution in [0.2, 0.25) is 0 Å². The van der Waals surface area contributed by atoms with Crippen molar-refractivity contribution in [3.63, 3.8) is 0 Å². The molecule has 4 rings (SSSR count). The average Bonchev–Trinajstić information content (AvgIpc) is 2.75. The zero-order chi connectivity index (χ0) is 18.5. The van der Waals surface area contributed by atoms with Gasteiger partial charge in [0, 0.05) is 38.3 Å². The molecule has 0 atom stereocenters. The van der Waals surface area contributed by atoms with E-state index in [9.17, 15) is 0 Å². The number of ether oxygens (including phenoxy) is 1. The third-order valence-electron chi connectivity index (χ3n) is 4.72. The van der Waals surface area contributed by atoms with Gasteiger partial charge in [-0.05, 0) is 5.56 Å². The molecule has 0 spiro atoms. The zero-order valence-electron chi connectivity index (χ0n) is 15.6. The highest BCUT2D eigenvalue weighted by Gasteiger charge is 2.17. The fourth-order valence-electron chi connectivity index (χ4n) is 3.22. The highest BCUT2D eigenvalue weighted by Crippen LogP contribution is 2.25. The van der Waals surface area contributed by atoms with Crippen molar-refractivity contribution >= 4 is 11.8 Å². The van der Waals surface area contributed by atoms with Gasteiger partial charge in [0.15, 0.2) is 0 Å². The molecule has 5 nitrogen and oxygen atoms in total. The largest absolute Gasteiger partial charge is 0.378 e. The van der Waals surface area contributed by atoms with Gasteiger partial charge in [-0.3, -0.25) is 0 Å². The highest BCUT2D eigenvalue weighted by atomic mass is 16.5. The van der Waals surface area contributed by atoms with E-state index in [4.69, 9.17) is 14.7 Å². The third-order valence-corrected chi connectivity index (χ3v) is 4.72. The molecule has 5 heteroatoms. The molecule has 2 heterocycles. The second-order valence-electron chi connectivity index (χ2n) is 6.72. The minimum atomic E-state index is 0.716. The maximum atomic E-state index is 5.49. The fraction of sp³-hybridized carbons (Fsp3) is 0.273. The first-order chi connectivity index (χ1) is 13.3. The Labute approximate surface area is 160 Å². The lowest BCUT2D eigenvalue weighted by Crippen LogP contribution is -2.37. The van der Waals surface area contributed by atoms with Crippen molar-refractivity contribution in [2.45, 2.75) is 6.54 Å². The van der Waals surface area contributed by atoms with Crippen LogP contribution in [0.5, 0.6) is 0 Å². The normalized spacial score (nSPS) is 14.2. The Morgan fingerprint density at radius 3 is 2.30 bits per heavy atom. The van der Waals surface area contributed by atoms with E-state index in [0.717, 1.165) is 42.7 Å². The Kier molecular flexibility index (Phi) is 5.30. The van der Waals surface area contributed by atoms with Gasteiger partial charge in [-0.2, -0.15) is 4.98 Å². The molecule has 1 fully saturated rings. The molecule has 1 aliphatic rings. The first-order valence-electron chi connectivity index (χ1n) is 9.32. The molecule has 0 unspecified atom stereocenters. The molecule has 3 aromatic rings. The van der Waals surface area contributed by atoms with Crippen LogP contribution in [0, 0.1) is 0 Å². The van der Waals surface area contributed by atoms with Crippen LogP contribution < -0.4 is 9.80 Å². The number of morpholine rings is 1. The van der Waals surface area contributed by atoms with Crippen molar-refractivity contribution in [3.8, 4) is 11.3 Å². The molecule has 1 aliphatic heterocycles. The Balaban J connectivity index is 1.68. The predicted octanol–water partition coefficient (Wildman–Crippen LogP) is 3.62. The minimum Gasteiger partial charge on any atom is -0.378 e. The predicted molar refractivity (Wildman–Crippen MR) is 109 cm³/mol. The van der Waals surface area contributed by atoms with Crippen molar-refractivity contribution in [1.82, 2.24) is 9.97 Å². The summed E-state index contributed by atoms with van der Waals surface area (Å²) in [5, 5.41) is 0. The Bertz CT molecular complexity index is 864. The molecule has 0 aliphatic carbocycles. The first-order valence-corrected chi connectivity index (χ1v) is 9.32. The molecule has 138 valence electrons. The van der Waals surface area contributed by atoms with E-state index in [1.807, 2.05) is 24.3 Å². The van der Waals surface area contributed by atoms with E-state index >= 15 is 0 Å². The van der Waals surface area contributed by atoms with Crippen LogP contribution in [0.15, 0.2) is 66.7 Å². The summed E-state index contributed by atoms with van der Waals surface area (Å²) in [7, 11) is 2.08. The summed E-state index contributed by atoms with van der Waals surface area (Å²) in [6, 6.07) is 22.8. The number of rotatable bonds is 5. The second-order valence-corrected chi connectivity index (χ2v) is 6.72. The van der Waals surface area contributed by atoms with Crippen LogP contribution in [0.3, 0.4) is 0 Å². The topological polar surface area (TPSA) is 41.5 Å². The van der Waals surface area contributed by atoms with E-state index < -0.39 is 0 Å². The van der Waals surface area contributed by atoms with Gasteiger partial charge in [0.2, 0.25) is 5.95 Å². The molecule has 1 saturated heterocycles. The number of benzene rings is 2. The monoisotopic (exact) mass is 360 g/mol. The Morgan fingerprint density at radius 2 is 1.59 bits per heavy atom. The molecule has 1 aromatic heterocycles. The van der Waals surface area contributed by atoms with Crippen LogP contribution in [-0.2, 0) is 11.3 Å². The summed E-state index contributed by atoms with van der Waals surface area (Å²) < 4.78 is 5.49. The maximum Gasteiger partial charge on any atom is 0.228 e. The lowest BCUT2D eigenvalue weighted by molar-refractivity contribution is 0.122. The van der Waals surface area contributed by atoms with E-state index in [2.05, 4.69) is 59.3 Å². The number of hydrogen-bond acceptors (Lipinski definition) is 5. The molecular formula is C22H24N4O. The molecular weight excluding hydrogens is 336 g/mol. The summed E-state index contributed by atoms with van der Waals surface area (Å²) in [6.45, 7) is 3.87. The van der Waals surface area contributed by atoms with E-state index in [-0.39, 0.29) is 0 Å². The second kappa shape index (κ2) is 8.18. The highest BCUT2D eigenvalue weighted by molar-refractivity contribution is 5.65. The molecule has 0 N–H and O–H groups in total. The lowest BCUT2D eigenvalue weighted by atomic mass is 10.1. The third kappa shape index (κ3) is 4.26. The number of nitrogens with zero attached hydrogens (tertiary/aromatic N) is 4. The van der Waals surface area contributed by atoms with Crippen LogP contribution in [-0.4, -0.2) is 43.3 Å². The van der Waals surface area contributed by atoms with E-state index in [0.29, 0.717) is 13.2 Å². The summed E-state index contributed by atoms with van der Waals surface area (Å²) in [6.07, 6.45) is 0. The maximum absolute atomic E-state index is 5.49. The van der Waals surface area contributed by atoms with Gasteiger partial charge in [0.25, 0.3) is 0 Å². The fourth-order valence-corrected chi connectivity index (χ4v) is 3.22. The molecule has 2 aromatic carbocycles. The Hall–Kier alpha value is -2.92. The van der Waals surface area contributed by atoms with Crippen molar-refractivity contribution in [2.75, 3.05) is 43.2 Å². The number of aromatic nitrogens is 2. The summed E-state index contributed by atoms with van der Waals surface area (Å²) in [5.41, 5.74) is 3.30. The van der Waals surface area contributed by atoms with Gasteiger partial charge in [-0.1, -0.05) is 60.7 Å². The van der Waals surface area contributed by atoms with Crippen LogP contribution in [0.25, 0.3) is 11.3 Å². The van der Waals surface area contributed by atoms with Crippen molar-refractivity contribution in [1.29, 1.82) is 0 Å². The lowest BCUT2D eigenvalue weighted by Gasteiger charge is -2.28. The molecule has 0 saturated carbocycles. The smallest absolute Gasteiger partial charge is 0.228 e. The summed E-state index contributed by atoms with van der Waals surface area (Å²) >= 11 is 0. The van der Waals surface area contributed by atoms with Crippen LogP contribution in [0.4, 0.5) is 11.8 Å². The van der Waals surface area contributed by atoms with Crippen LogP contribution >= 0.6 is 0 Å².